The molecule has 1 aromatic rings. The molecule has 0 bridgehead atoms. The summed E-state index contributed by atoms with van der Waals surface area (Å²) >= 11 is 0. The Balaban J connectivity index is 0.00000180. The maximum atomic E-state index is 12.2. The molecule has 1 aliphatic heterocycles. The molecule has 0 spiro atoms. The summed E-state index contributed by atoms with van der Waals surface area (Å²) in [5.74, 6) is 0.139. The van der Waals surface area contributed by atoms with Crippen molar-refractivity contribution in [3.63, 3.8) is 0 Å². The van der Waals surface area contributed by atoms with E-state index in [0.717, 1.165) is 25.3 Å². The molecule has 0 saturated heterocycles. The number of nitrogens with one attached hydrogen (secondary N) is 1. The van der Waals surface area contributed by atoms with Crippen molar-refractivity contribution in [2.24, 2.45) is 0 Å². The van der Waals surface area contributed by atoms with E-state index in [1.165, 1.54) is 5.56 Å². The number of fused-ring (bicyclic) bond motifs is 1. The second-order valence-corrected chi connectivity index (χ2v) is 4.30. The maximum Gasteiger partial charge on any atom is 0.229 e. The van der Waals surface area contributed by atoms with E-state index in [1.807, 2.05) is 30.0 Å². The normalized spacial score (nSPS) is 14.3. The first-order chi connectivity index (χ1) is 8.83. The summed E-state index contributed by atoms with van der Waals surface area (Å²) in [6.45, 7) is 5.48. The maximum absolute atomic E-state index is 12.2. The lowest BCUT2D eigenvalue weighted by molar-refractivity contribution is -0.119. The van der Waals surface area contributed by atoms with Crippen LogP contribution in [-0.4, -0.2) is 32.2 Å². The summed E-state index contributed by atoms with van der Waals surface area (Å²) in [5, 5.41) is 3.33. The van der Waals surface area contributed by atoms with Gasteiger partial charge in [-0.3, -0.25) is 4.79 Å². The Morgan fingerprint density at radius 3 is 3.00 bits per heavy atom. The van der Waals surface area contributed by atoms with Gasteiger partial charge in [-0.1, -0.05) is 18.2 Å². The van der Waals surface area contributed by atoms with Gasteiger partial charge in [-0.05, 0) is 18.6 Å². The van der Waals surface area contributed by atoms with E-state index in [-0.39, 0.29) is 18.3 Å². The van der Waals surface area contributed by atoms with Crippen molar-refractivity contribution < 1.29 is 9.53 Å². The van der Waals surface area contributed by atoms with E-state index < -0.39 is 0 Å². The average Bonchev–Trinajstić information content (AvgIpc) is 2.61. The van der Waals surface area contributed by atoms with Crippen LogP contribution in [-0.2, 0) is 16.1 Å². The van der Waals surface area contributed by atoms with E-state index in [9.17, 15) is 4.79 Å². The molecule has 0 radical (unpaired) electrons. The smallest absolute Gasteiger partial charge is 0.229 e. The number of nitrogens with zero attached hydrogens (tertiary/aromatic N) is 1. The highest BCUT2D eigenvalue weighted by atomic mass is 35.5. The lowest BCUT2D eigenvalue weighted by Gasteiger charge is -2.22. The zero-order chi connectivity index (χ0) is 12.8. The predicted octanol–water partition coefficient (Wildman–Crippen LogP) is 1.97. The number of halogens is 1. The van der Waals surface area contributed by atoms with Crippen LogP contribution in [0.1, 0.15) is 18.9 Å². The fourth-order valence-electron chi connectivity index (χ4n) is 2.16. The van der Waals surface area contributed by atoms with Crippen LogP contribution >= 0.6 is 12.4 Å². The standard InChI is InChI=1S/C14H20N2O2.ClH/c1-2-18-10-7-14(17)16-9-8-15-11-12-5-3-4-6-13(12)16;/h3-6,15H,2,7-11H2,1H3;1H. The first kappa shape index (κ1) is 16.0. The van der Waals surface area contributed by atoms with Gasteiger partial charge in [0.05, 0.1) is 13.0 Å². The zero-order valence-electron chi connectivity index (χ0n) is 11.2. The molecule has 5 heteroatoms. The Hall–Kier alpha value is -1.10. The highest BCUT2D eigenvalue weighted by Crippen LogP contribution is 2.22. The molecule has 1 N–H and O–H groups in total. The third-order valence-corrected chi connectivity index (χ3v) is 3.08. The van der Waals surface area contributed by atoms with Crippen LogP contribution in [0.2, 0.25) is 0 Å². The van der Waals surface area contributed by atoms with Crippen molar-refractivity contribution >= 4 is 24.0 Å². The molecule has 0 aliphatic carbocycles. The Bertz CT molecular complexity index is 412. The molecular weight excluding hydrogens is 264 g/mol. The molecular formula is C14H21ClN2O2. The third kappa shape index (κ3) is 4.20. The topological polar surface area (TPSA) is 41.6 Å². The zero-order valence-corrected chi connectivity index (χ0v) is 12.0. The third-order valence-electron chi connectivity index (χ3n) is 3.08. The van der Waals surface area contributed by atoms with Crippen LogP contribution in [0.25, 0.3) is 0 Å². The molecule has 4 nitrogen and oxygen atoms in total. The first-order valence-electron chi connectivity index (χ1n) is 6.49. The van der Waals surface area contributed by atoms with Gasteiger partial charge in [0.2, 0.25) is 5.91 Å². The van der Waals surface area contributed by atoms with Crippen molar-refractivity contribution in [1.82, 2.24) is 5.32 Å². The largest absolute Gasteiger partial charge is 0.381 e. The molecule has 1 heterocycles. The number of benzene rings is 1. The summed E-state index contributed by atoms with van der Waals surface area (Å²) in [7, 11) is 0. The van der Waals surface area contributed by atoms with E-state index in [4.69, 9.17) is 4.74 Å². The van der Waals surface area contributed by atoms with Gasteiger partial charge in [0.1, 0.15) is 0 Å². The summed E-state index contributed by atoms with van der Waals surface area (Å²) in [4.78, 5) is 14.1. The molecule has 106 valence electrons. The van der Waals surface area contributed by atoms with Crippen LogP contribution in [0, 0.1) is 0 Å². The highest BCUT2D eigenvalue weighted by Gasteiger charge is 2.19. The van der Waals surface area contributed by atoms with Crippen LogP contribution in [0.4, 0.5) is 5.69 Å². The molecule has 0 fully saturated rings. The number of ether oxygens (including phenoxy) is 1. The van der Waals surface area contributed by atoms with E-state index in [1.54, 1.807) is 0 Å². The number of para-hydroxylation sites is 1. The number of carbonyl (C=O) groups excluding carboxylic acids is 1. The van der Waals surface area contributed by atoms with Crippen LogP contribution in [0.15, 0.2) is 24.3 Å². The number of hydrogen-bond donors (Lipinski definition) is 1. The van der Waals surface area contributed by atoms with Gasteiger partial charge in [0.25, 0.3) is 0 Å². The van der Waals surface area contributed by atoms with Crippen molar-refractivity contribution in [2.75, 3.05) is 31.2 Å². The number of hydrogen-bond acceptors (Lipinski definition) is 3. The highest BCUT2D eigenvalue weighted by molar-refractivity contribution is 5.94. The fraction of sp³-hybridized carbons (Fsp3) is 0.500. The second-order valence-electron chi connectivity index (χ2n) is 4.30. The molecule has 0 unspecified atom stereocenters. The second kappa shape index (κ2) is 8.15. The van der Waals surface area contributed by atoms with Crippen molar-refractivity contribution in [1.29, 1.82) is 0 Å². The number of amides is 1. The van der Waals surface area contributed by atoms with Gasteiger partial charge >= 0.3 is 0 Å². The molecule has 0 aromatic heterocycles. The lowest BCUT2D eigenvalue weighted by Crippen LogP contribution is -2.35. The Kier molecular flexibility index (Phi) is 6.84. The quantitative estimate of drug-likeness (QED) is 0.860. The monoisotopic (exact) mass is 284 g/mol. The van der Waals surface area contributed by atoms with E-state index in [0.29, 0.717) is 19.6 Å². The SMILES string of the molecule is CCOCCC(=O)N1CCNCc2ccccc21.Cl. The van der Waals surface area contributed by atoms with E-state index >= 15 is 0 Å². The molecule has 1 aromatic carbocycles. The molecule has 0 atom stereocenters. The van der Waals surface area contributed by atoms with Gasteiger partial charge in [-0.25, -0.2) is 0 Å². The van der Waals surface area contributed by atoms with Crippen LogP contribution < -0.4 is 10.2 Å². The minimum atomic E-state index is 0. The fourth-order valence-corrected chi connectivity index (χ4v) is 2.16. The van der Waals surface area contributed by atoms with Crippen molar-refractivity contribution in [2.45, 2.75) is 19.9 Å². The first-order valence-corrected chi connectivity index (χ1v) is 6.49. The number of anilines is 1. The van der Waals surface area contributed by atoms with Crippen LogP contribution in [0.5, 0.6) is 0 Å². The Labute approximate surface area is 120 Å². The minimum absolute atomic E-state index is 0. The van der Waals surface area contributed by atoms with Gasteiger partial charge in [-0.15, -0.1) is 12.4 Å². The lowest BCUT2D eigenvalue weighted by atomic mass is 10.1. The Morgan fingerprint density at radius 2 is 2.21 bits per heavy atom. The van der Waals surface area contributed by atoms with E-state index in [2.05, 4.69) is 11.4 Å². The van der Waals surface area contributed by atoms with Crippen LogP contribution in [0.3, 0.4) is 0 Å². The molecule has 19 heavy (non-hydrogen) atoms. The molecule has 2 rings (SSSR count). The van der Waals surface area contributed by atoms with Crippen molar-refractivity contribution in [3.05, 3.63) is 29.8 Å². The summed E-state index contributed by atoms with van der Waals surface area (Å²) in [6.07, 6.45) is 0.447. The summed E-state index contributed by atoms with van der Waals surface area (Å²) < 4.78 is 5.25. The number of carbonyl (C=O) groups is 1. The molecule has 1 amide bonds. The van der Waals surface area contributed by atoms with Gasteiger partial charge < -0.3 is 15.0 Å². The minimum Gasteiger partial charge on any atom is -0.381 e. The molecule has 1 aliphatic rings. The van der Waals surface area contributed by atoms with Crippen molar-refractivity contribution in [3.8, 4) is 0 Å². The van der Waals surface area contributed by atoms with Gasteiger partial charge in [0, 0.05) is 31.9 Å². The predicted molar refractivity (Wildman–Crippen MR) is 78.9 cm³/mol. The van der Waals surface area contributed by atoms with Gasteiger partial charge in [0.15, 0.2) is 0 Å². The summed E-state index contributed by atoms with van der Waals surface area (Å²) in [6, 6.07) is 8.07. The average molecular weight is 285 g/mol. The molecule has 0 saturated carbocycles. The van der Waals surface area contributed by atoms with Gasteiger partial charge in [-0.2, -0.15) is 0 Å². The Morgan fingerprint density at radius 1 is 1.42 bits per heavy atom. The number of rotatable bonds is 4. The summed E-state index contributed by atoms with van der Waals surface area (Å²) in [5.41, 5.74) is 2.21.